The van der Waals surface area contributed by atoms with Crippen molar-refractivity contribution >= 4 is 11.5 Å². The number of nitrogens with one attached hydrogen (secondary N) is 2. The predicted molar refractivity (Wildman–Crippen MR) is 126 cm³/mol. The van der Waals surface area contributed by atoms with Gasteiger partial charge in [-0.15, -0.1) is 10.2 Å². The molecule has 0 bridgehead atoms. The van der Waals surface area contributed by atoms with Crippen molar-refractivity contribution in [2.24, 2.45) is 0 Å². The summed E-state index contributed by atoms with van der Waals surface area (Å²) in [5.74, 6) is 1.10. The summed E-state index contributed by atoms with van der Waals surface area (Å²) in [7, 11) is 0. The van der Waals surface area contributed by atoms with Crippen LogP contribution in [-0.2, 0) is 0 Å². The molecule has 6 rings (SSSR count). The lowest BCUT2D eigenvalue weighted by molar-refractivity contribution is 0.0629. The Labute approximate surface area is 189 Å². The third kappa shape index (κ3) is 3.70. The van der Waals surface area contributed by atoms with Crippen LogP contribution in [-0.4, -0.2) is 95.6 Å². The minimum Gasteiger partial charge on any atom is -0.507 e. The zero-order valence-electron chi connectivity index (χ0n) is 18.6. The Bertz CT molecular complexity index is 955. The molecule has 3 N–H and O–H groups in total. The lowest BCUT2D eigenvalue weighted by atomic mass is 10.0. The first-order chi connectivity index (χ1) is 15.8. The van der Waals surface area contributed by atoms with Gasteiger partial charge in [-0.25, -0.2) is 0 Å². The number of para-hydroxylation sites is 1. The van der Waals surface area contributed by atoms with Crippen molar-refractivity contribution in [1.82, 2.24) is 25.3 Å². The van der Waals surface area contributed by atoms with E-state index in [4.69, 9.17) is 0 Å². The number of hydrogen-bond acceptors (Lipinski definition) is 8. The number of phenols is 1. The van der Waals surface area contributed by atoms with Gasteiger partial charge in [-0.3, -0.25) is 9.80 Å². The quantitative estimate of drug-likeness (QED) is 0.671. The first kappa shape index (κ1) is 20.2. The summed E-state index contributed by atoms with van der Waals surface area (Å²) < 4.78 is 0. The number of anilines is 2. The van der Waals surface area contributed by atoms with Gasteiger partial charge in [-0.05, 0) is 50.6 Å². The summed E-state index contributed by atoms with van der Waals surface area (Å²) >= 11 is 0. The molecule has 0 saturated carbocycles. The van der Waals surface area contributed by atoms with Crippen LogP contribution < -0.4 is 15.5 Å². The molecule has 0 aliphatic carbocycles. The van der Waals surface area contributed by atoms with Gasteiger partial charge in [0.1, 0.15) is 5.75 Å². The largest absolute Gasteiger partial charge is 0.507 e. The monoisotopic (exact) mass is 435 g/mol. The van der Waals surface area contributed by atoms with Crippen molar-refractivity contribution in [3.63, 3.8) is 0 Å². The second kappa shape index (κ2) is 8.50. The maximum Gasteiger partial charge on any atom is 0.172 e. The SMILES string of the molecule is Oc1ccccc1-c1cc2c(nn1)NC[C@H]1CC(N3CCN(C4CCNCC4)CC3)CN21. The molecule has 1 aromatic heterocycles. The van der Waals surface area contributed by atoms with Crippen molar-refractivity contribution in [3.05, 3.63) is 30.3 Å². The highest BCUT2D eigenvalue weighted by molar-refractivity contribution is 5.76. The topological polar surface area (TPSA) is 79.8 Å². The molecule has 3 fully saturated rings. The summed E-state index contributed by atoms with van der Waals surface area (Å²) in [6.07, 6.45) is 3.78. The highest BCUT2D eigenvalue weighted by Gasteiger charge is 2.40. The molecule has 4 aliphatic heterocycles. The van der Waals surface area contributed by atoms with Crippen LogP contribution in [0.2, 0.25) is 0 Å². The second-order valence-electron chi connectivity index (χ2n) is 9.61. The molecule has 2 atom stereocenters. The Balaban J connectivity index is 1.15. The molecule has 1 aromatic carbocycles. The van der Waals surface area contributed by atoms with Crippen molar-refractivity contribution in [2.75, 3.05) is 62.6 Å². The minimum atomic E-state index is 0.244. The van der Waals surface area contributed by atoms with Gasteiger partial charge in [0, 0.05) is 63.0 Å². The van der Waals surface area contributed by atoms with Crippen LogP contribution in [0.5, 0.6) is 5.75 Å². The first-order valence-electron chi connectivity index (χ1n) is 12.1. The van der Waals surface area contributed by atoms with E-state index in [-0.39, 0.29) is 5.75 Å². The number of piperazine rings is 1. The van der Waals surface area contributed by atoms with Gasteiger partial charge in [-0.2, -0.15) is 0 Å². The van der Waals surface area contributed by atoms with E-state index < -0.39 is 0 Å². The van der Waals surface area contributed by atoms with E-state index in [1.807, 2.05) is 18.2 Å². The molecule has 8 heteroatoms. The molecule has 0 spiro atoms. The molecule has 2 aromatic rings. The van der Waals surface area contributed by atoms with Gasteiger partial charge in [0.2, 0.25) is 0 Å². The van der Waals surface area contributed by atoms with Gasteiger partial charge in [-0.1, -0.05) is 12.1 Å². The standard InChI is InChI=1S/C24H33N7O/c32-23-4-2-1-3-20(23)21-14-22-24(28-27-21)26-15-18-13-19(16-31(18)22)30-11-9-29(10-12-30)17-5-7-25-8-6-17/h1-4,14,17-19,25,32H,5-13,15-16H2,(H,26,28)/t18-,19?/m1/s1. The van der Waals surface area contributed by atoms with E-state index in [0.29, 0.717) is 12.1 Å². The summed E-state index contributed by atoms with van der Waals surface area (Å²) in [6, 6.07) is 11.3. The molecule has 0 radical (unpaired) electrons. The van der Waals surface area contributed by atoms with E-state index in [1.54, 1.807) is 6.07 Å². The summed E-state index contributed by atoms with van der Waals surface area (Å²) in [6.45, 7) is 9.04. The normalized spacial score (nSPS) is 27.1. The van der Waals surface area contributed by atoms with E-state index in [0.717, 1.165) is 41.9 Å². The number of benzene rings is 1. The average Bonchev–Trinajstić information content (AvgIpc) is 3.30. The molecule has 5 heterocycles. The van der Waals surface area contributed by atoms with Gasteiger partial charge in [0.05, 0.1) is 11.4 Å². The smallest absolute Gasteiger partial charge is 0.172 e. The molecule has 32 heavy (non-hydrogen) atoms. The molecule has 4 aliphatic rings. The van der Waals surface area contributed by atoms with Crippen molar-refractivity contribution in [1.29, 1.82) is 0 Å². The van der Waals surface area contributed by atoms with Crippen molar-refractivity contribution < 1.29 is 5.11 Å². The highest BCUT2D eigenvalue weighted by Crippen LogP contribution is 2.39. The average molecular weight is 436 g/mol. The molecule has 3 saturated heterocycles. The lowest BCUT2D eigenvalue weighted by Gasteiger charge is -2.42. The van der Waals surface area contributed by atoms with Crippen LogP contribution in [0.4, 0.5) is 11.5 Å². The van der Waals surface area contributed by atoms with Crippen molar-refractivity contribution in [2.45, 2.75) is 37.4 Å². The second-order valence-corrected chi connectivity index (χ2v) is 9.61. The van der Waals surface area contributed by atoms with Crippen LogP contribution >= 0.6 is 0 Å². The molecular formula is C24H33N7O. The number of nitrogens with zero attached hydrogens (tertiary/aromatic N) is 5. The van der Waals surface area contributed by atoms with Crippen LogP contribution in [0, 0.1) is 0 Å². The Morgan fingerprint density at radius 3 is 2.44 bits per heavy atom. The minimum absolute atomic E-state index is 0.244. The number of fused-ring (bicyclic) bond motifs is 3. The van der Waals surface area contributed by atoms with Crippen LogP contribution in [0.3, 0.4) is 0 Å². The number of phenolic OH excluding ortho intramolecular Hbond substituents is 1. The fourth-order valence-electron chi connectivity index (χ4n) is 6.05. The Morgan fingerprint density at radius 2 is 1.66 bits per heavy atom. The first-order valence-corrected chi connectivity index (χ1v) is 12.1. The number of aromatic nitrogens is 2. The molecule has 8 nitrogen and oxygen atoms in total. The molecule has 1 unspecified atom stereocenters. The zero-order valence-corrected chi connectivity index (χ0v) is 18.6. The summed E-state index contributed by atoms with van der Waals surface area (Å²) in [5.41, 5.74) is 2.57. The number of piperidine rings is 1. The van der Waals surface area contributed by atoms with Crippen LogP contribution in [0.25, 0.3) is 11.3 Å². The Kier molecular flexibility index (Phi) is 5.37. The number of rotatable bonds is 3. The summed E-state index contributed by atoms with van der Waals surface area (Å²) in [5, 5.41) is 26.1. The van der Waals surface area contributed by atoms with Crippen LogP contribution in [0.1, 0.15) is 19.3 Å². The summed E-state index contributed by atoms with van der Waals surface area (Å²) in [4.78, 5) is 7.96. The fraction of sp³-hybridized carbons (Fsp3) is 0.583. The van der Waals surface area contributed by atoms with E-state index in [9.17, 15) is 5.11 Å². The molecule has 170 valence electrons. The van der Waals surface area contributed by atoms with Gasteiger partial charge in [0.25, 0.3) is 0 Å². The third-order valence-electron chi connectivity index (χ3n) is 7.85. The highest BCUT2D eigenvalue weighted by atomic mass is 16.3. The number of hydrogen-bond donors (Lipinski definition) is 3. The maximum absolute atomic E-state index is 10.3. The molecular weight excluding hydrogens is 402 g/mol. The van der Waals surface area contributed by atoms with E-state index >= 15 is 0 Å². The van der Waals surface area contributed by atoms with E-state index in [1.165, 1.54) is 58.5 Å². The Hall–Kier alpha value is -2.42. The van der Waals surface area contributed by atoms with Gasteiger partial charge in [0.15, 0.2) is 5.82 Å². The van der Waals surface area contributed by atoms with Gasteiger partial charge < -0.3 is 20.6 Å². The predicted octanol–water partition coefficient (Wildman–Crippen LogP) is 1.59. The maximum atomic E-state index is 10.3. The van der Waals surface area contributed by atoms with Crippen LogP contribution in [0.15, 0.2) is 30.3 Å². The van der Waals surface area contributed by atoms with E-state index in [2.05, 4.69) is 41.6 Å². The molecule has 0 amide bonds. The van der Waals surface area contributed by atoms with Crippen molar-refractivity contribution in [3.8, 4) is 17.0 Å². The Morgan fingerprint density at radius 1 is 0.906 bits per heavy atom. The number of aromatic hydroxyl groups is 1. The lowest BCUT2D eigenvalue weighted by Crippen LogP contribution is -2.55. The van der Waals surface area contributed by atoms with Gasteiger partial charge >= 0.3 is 0 Å². The fourth-order valence-corrected chi connectivity index (χ4v) is 6.05. The zero-order chi connectivity index (χ0) is 21.5. The third-order valence-corrected chi connectivity index (χ3v) is 7.85.